The Morgan fingerprint density at radius 2 is 1.93 bits per heavy atom. The van der Waals surface area contributed by atoms with Crippen LogP contribution in [0.15, 0.2) is 30.3 Å². The van der Waals surface area contributed by atoms with Crippen molar-refractivity contribution in [3.63, 3.8) is 0 Å². The highest BCUT2D eigenvalue weighted by molar-refractivity contribution is 5.89. The number of amides is 3. The van der Waals surface area contributed by atoms with E-state index in [1.54, 1.807) is 4.90 Å². The van der Waals surface area contributed by atoms with E-state index in [1.165, 1.54) is 0 Å². The number of hydrogen-bond acceptors (Lipinski definition) is 4. The second-order valence-corrected chi connectivity index (χ2v) is 7.22. The first-order valence-corrected chi connectivity index (χ1v) is 9.43. The predicted molar refractivity (Wildman–Crippen MR) is 102 cm³/mol. The molecule has 0 bridgehead atoms. The van der Waals surface area contributed by atoms with Gasteiger partial charge < -0.3 is 20.3 Å². The zero-order valence-electron chi connectivity index (χ0n) is 16.2. The minimum Gasteiger partial charge on any atom is -0.445 e. The normalized spacial score (nSPS) is 17.5. The van der Waals surface area contributed by atoms with Crippen molar-refractivity contribution in [3.8, 4) is 0 Å². The fourth-order valence-electron chi connectivity index (χ4n) is 3.10. The van der Waals surface area contributed by atoms with Gasteiger partial charge in [0.2, 0.25) is 11.8 Å². The Kier molecular flexibility index (Phi) is 7.64. The molecule has 0 aliphatic carbocycles. The van der Waals surface area contributed by atoms with Gasteiger partial charge in [0.25, 0.3) is 0 Å². The highest BCUT2D eigenvalue weighted by atomic mass is 16.5. The Morgan fingerprint density at radius 1 is 1.22 bits per heavy atom. The van der Waals surface area contributed by atoms with E-state index in [-0.39, 0.29) is 36.9 Å². The lowest BCUT2D eigenvalue weighted by atomic mass is 10.0. The van der Waals surface area contributed by atoms with Crippen LogP contribution in [0.3, 0.4) is 0 Å². The standard InChI is InChI=1S/C20H29N3O4/c1-14(2)18(22-20(26)27-13-16-9-5-4-6-10-16)19(25)21-12-17(24)23-11-7-8-15(23)3/h4-6,9-10,14-15,18H,7-8,11-13H2,1-3H3,(H,21,25)(H,22,26). The molecule has 3 amide bonds. The van der Waals surface area contributed by atoms with Crippen LogP contribution in [0.2, 0.25) is 0 Å². The van der Waals surface area contributed by atoms with Crippen molar-refractivity contribution in [2.45, 2.75) is 52.3 Å². The molecule has 1 aromatic rings. The van der Waals surface area contributed by atoms with Gasteiger partial charge in [-0.3, -0.25) is 9.59 Å². The zero-order chi connectivity index (χ0) is 19.8. The maximum absolute atomic E-state index is 12.4. The Labute approximate surface area is 160 Å². The summed E-state index contributed by atoms with van der Waals surface area (Å²) in [5.41, 5.74) is 0.864. The van der Waals surface area contributed by atoms with Crippen LogP contribution < -0.4 is 10.6 Å². The van der Waals surface area contributed by atoms with Crippen molar-refractivity contribution < 1.29 is 19.1 Å². The van der Waals surface area contributed by atoms with E-state index in [4.69, 9.17) is 4.74 Å². The Hall–Kier alpha value is -2.57. The predicted octanol–water partition coefficient (Wildman–Crippen LogP) is 2.06. The maximum Gasteiger partial charge on any atom is 0.408 e. The third-order valence-corrected chi connectivity index (χ3v) is 4.72. The first kappa shape index (κ1) is 20.7. The van der Waals surface area contributed by atoms with Crippen molar-refractivity contribution in [2.24, 2.45) is 5.92 Å². The lowest BCUT2D eigenvalue weighted by Crippen LogP contribution is -2.52. The number of alkyl carbamates (subject to hydrolysis) is 1. The summed E-state index contributed by atoms with van der Waals surface area (Å²) >= 11 is 0. The second kappa shape index (κ2) is 9.94. The van der Waals surface area contributed by atoms with Crippen molar-refractivity contribution in [3.05, 3.63) is 35.9 Å². The summed E-state index contributed by atoms with van der Waals surface area (Å²) < 4.78 is 5.17. The summed E-state index contributed by atoms with van der Waals surface area (Å²) in [6, 6.07) is 8.75. The van der Waals surface area contributed by atoms with E-state index < -0.39 is 12.1 Å². The van der Waals surface area contributed by atoms with Crippen LogP contribution in [-0.2, 0) is 20.9 Å². The van der Waals surface area contributed by atoms with Crippen molar-refractivity contribution in [1.29, 1.82) is 0 Å². The smallest absolute Gasteiger partial charge is 0.408 e. The van der Waals surface area contributed by atoms with Crippen LogP contribution in [-0.4, -0.2) is 48.0 Å². The molecule has 1 heterocycles. The van der Waals surface area contributed by atoms with Gasteiger partial charge in [0, 0.05) is 12.6 Å². The Bertz CT molecular complexity index is 648. The minimum atomic E-state index is -0.767. The van der Waals surface area contributed by atoms with Gasteiger partial charge in [-0.05, 0) is 31.2 Å². The van der Waals surface area contributed by atoms with Gasteiger partial charge in [0.15, 0.2) is 0 Å². The summed E-state index contributed by atoms with van der Waals surface area (Å²) in [6.07, 6.45) is 1.32. The average Bonchev–Trinajstić information content (AvgIpc) is 3.09. The van der Waals surface area contributed by atoms with Gasteiger partial charge in [-0.25, -0.2) is 4.79 Å². The number of hydrogen-bond donors (Lipinski definition) is 2. The van der Waals surface area contributed by atoms with E-state index in [2.05, 4.69) is 10.6 Å². The van der Waals surface area contributed by atoms with Gasteiger partial charge >= 0.3 is 6.09 Å². The van der Waals surface area contributed by atoms with Crippen LogP contribution in [0.25, 0.3) is 0 Å². The van der Waals surface area contributed by atoms with E-state index >= 15 is 0 Å². The molecule has 0 aromatic heterocycles. The number of rotatable bonds is 7. The largest absolute Gasteiger partial charge is 0.445 e. The van der Waals surface area contributed by atoms with Crippen LogP contribution >= 0.6 is 0 Å². The number of benzene rings is 1. The average molecular weight is 375 g/mol. The topological polar surface area (TPSA) is 87.7 Å². The summed E-state index contributed by atoms with van der Waals surface area (Å²) in [5.74, 6) is -0.626. The number of ether oxygens (including phenoxy) is 1. The summed E-state index contributed by atoms with van der Waals surface area (Å²) in [5, 5.41) is 5.23. The molecule has 1 aromatic carbocycles. The molecule has 7 heteroatoms. The third kappa shape index (κ3) is 6.27. The quantitative estimate of drug-likeness (QED) is 0.764. The van der Waals surface area contributed by atoms with Crippen LogP contribution in [0.4, 0.5) is 4.79 Å². The van der Waals surface area contributed by atoms with Crippen LogP contribution in [0, 0.1) is 5.92 Å². The first-order valence-electron chi connectivity index (χ1n) is 9.43. The molecule has 2 atom stereocenters. The molecule has 27 heavy (non-hydrogen) atoms. The maximum atomic E-state index is 12.4. The second-order valence-electron chi connectivity index (χ2n) is 7.22. The van der Waals surface area contributed by atoms with Crippen molar-refractivity contribution >= 4 is 17.9 Å². The molecule has 2 N–H and O–H groups in total. The molecule has 1 fully saturated rings. The summed E-state index contributed by atoms with van der Waals surface area (Å²) in [4.78, 5) is 38.5. The van der Waals surface area contributed by atoms with Gasteiger partial charge in [-0.15, -0.1) is 0 Å². The zero-order valence-corrected chi connectivity index (χ0v) is 16.2. The molecule has 7 nitrogen and oxygen atoms in total. The van der Waals surface area contributed by atoms with E-state index in [0.717, 1.165) is 24.9 Å². The van der Waals surface area contributed by atoms with Gasteiger partial charge in [-0.2, -0.15) is 0 Å². The van der Waals surface area contributed by atoms with Gasteiger partial charge in [0.05, 0.1) is 6.54 Å². The molecule has 2 unspecified atom stereocenters. The molecule has 0 spiro atoms. The molecule has 1 saturated heterocycles. The number of carbonyl (C=O) groups is 3. The van der Waals surface area contributed by atoms with Gasteiger partial charge in [0.1, 0.15) is 12.6 Å². The monoisotopic (exact) mass is 375 g/mol. The summed E-state index contributed by atoms with van der Waals surface area (Å²) in [7, 11) is 0. The molecule has 1 aliphatic rings. The molecule has 1 aliphatic heterocycles. The third-order valence-electron chi connectivity index (χ3n) is 4.72. The minimum absolute atomic E-state index is 0.0624. The first-order chi connectivity index (χ1) is 12.9. The number of likely N-dealkylation sites (tertiary alicyclic amines) is 1. The Balaban J connectivity index is 1.81. The van der Waals surface area contributed by atoms with E-state index in [1.807, 2.05) is 51.1 Å². The van der Waals surface area contributed by atoms with Gasteiger partial charge in [-0.1, -0.05) is 44.2 Å². The number of nitrogens with one attached hydrogen (secondary N) is 2. The highest BCUT2D eigenvalue weighted by Gasteiger charge is 2.28. The summed E-state index contributed by atoms with van der Waals surface area (Å²) in [6.45, 7) is 6.46. The van der Waals surface area contributed by atoms with Crippen molar-refractivity contribution in [1.82, 2.24) is 15.5 Å². The van der Waals surface area contributed by atoms with Crippen LogP contribution in [0.1, 0.15) is 39.2 Å². The fraction of sp³-hybridized carbons (Fsp3) is 0.550. The Morgan fingerprint density at radius 3 is 2.52 bits per heavy atom. The van der Waals surface area contributed by atoms with Crippen molar-refractivity contribution in [2.75, 3.05) is 13.1 Å². The molecule has 0 saturated carbocycles. The molecule has 2 rings (SSSR count). The lowest BCUT2D eigenvalue weighted by Gasteiger charge is -2.24. The molecular weight excluding hydrogens is 346 g/mol. The lowest BCUT2D eigenvalue weighted by molar-refractivity contribution is -0.134. The van der Waals surface area contributed by atoms with E-state index in [0.29, 0.717) is 0 Å². The van der Waals surface area contributed by atoms with E-state index in [9.17, 15) is 14.4 Å². The molecule has 0 radical (unpaired) electrons. The number of nitrogens with zero attached hydrogens (tertiary/aromatic N) is 1. The number of carbonyl (C=O) groups excluding carboxylic acids is 3. The molecule has 148 valence electrons. The highest BCUT2D eigenvalue weighted by Crippen LogP contribution is 2.16. The van der Waals surface area contributed by atoms with Crippen LogP contribution in [0.5, 0.6) is 0 Å². The SMILES string of the molecule is CC(C)C(NC(=O)OCc1ccccc1)C(=O)NCC(=O)N1CCCC1C. The molecular formula is C20H29N3O4. The fourth-order valence-corrected chi connectivity index (χ4v) is 3.10.